The zero-order valence-electron chi connectivity index (χ0n) is 13.2. The molecule has 25 heavy (non-hydrogen) atoms. The summed E-state index contributed by atoms with van der Waals surface area (Å²) in [5, 5.41) is 16.8. The van der Waals surface area contributed by atoms with Crippen LogP contribution < -0.4 is 10.6 Å². The fourth-order valence-corrected chi connectivity index (χ4v) is 2.13. The molecular weight excluding hydrogens is 320 g/mol. The molecule has 2 N–H and O–H groups in total. The number of aromatic nitrogens is 3. The Morgan fingerprint density at radius 3 is 2.56 bits per heavy atom. The van der Waals surface area contributed by atoms with E-state index in [-0.39, 0.29) is 5.69 Å². The van der Waals surface area contributed by atoms with Crippen LogP contribution in [-0.4, -0.2) is 33.0 Å². The van der Waals surface area contributed by atoms with Crippen LogP contribution in [0, 0.1) is 16.2 Å². The van der Waals surface area contributed by atoms with E-state index in [1.54, 1.807) is 12.3 Å². The van der Waals surface area contributed by atoms with Crippen molar-refractivity contribution >= 4 is 17.5 Å². The molecule has 0 atom stereocenters. The van der Waals surface area contributed by atoms with Gasteiger partial charge in [-0.25, -0.2) is 15.0 Å². The van der Waals surface area contributed by atoms with E-state index in [9.17, 15) is 10.1 Å². The third-order valence-corrected chi connectivity index (χ3v) is 3.34. The molecule has 125 valence electrons. The predicted octanol–water partition coefficient (Wildman–Crippen LogP) is 2.77. The molecule has 0 aliphatic heterocycles. The second-order valence-electron chi connectivity index (χ2n) is 5.07. The molecule has 8 nitrogen and oxygen atoms in total. The van der Waals surface area contributed by atoms with Crippen molar-refractivity contribution in [1.29, 1.82) is 0 Å². The number of benzene rings is 1. The van der Waals surface area contributed by atoms with E-state index in [1.165, 1.54) is 12.3 Å². The van der Waals surface area contributed by atoms with Crippen molar-refractivity contribution in [3.05, 3.63) is 71.0 Å². The number of anilines is 2. The quantitative estimate of drug-likeness (QED) is 0.388. The molecule has 2 heterocycles. The summed E-state index contributed by atoms with van der Waals surface area (Å²) in [7, 11) is 0. The highest BCUT2D eigenvalue weighted by Gasteiger charge is 2.05. The van der Waals surface area contributed by atoms with Gasteiger partial charge in [-0.1, -0.05) is 24.3 Å². The number of nitrogens with one attached hydrogen (secondary N) is 2. The maximum atomic E-state index is 10.6. The molecule has 0 aliphatic rings. The standard InChI is InChI=1S/C17H15N6O2/c24-23(25)14-6-7-16(21-12-14)18-10-11-20-17-19-9-8-15(22-17)13-4-2-1-3-5-13/h2-9,12H,10-11H2,(H,18,21)(H,19,20,22). The Hall–Kier alpha value is -3.55. The smallest absolute Gasteiger partial charge is 0.287 e. The van der Waals surface area contributed by atoms with E-state index >= 15 is 0 Å². The van der Waals surface area contributed by atoms with Gasteiger partial charge in [0.2, 0.25) is 5.95 Å². The first-order valence-electron chi connectivity index (χ1n) is 7.60. The second kappa shape index (κ2) is 7.82. The number of pyridine rings is 1. The molecule has 3 rings (SSSR count). The molecule has 0 bridgehead atoms. The van der Waals surface area contributed by atoms with E-state index in [2.05, 4.69) is 31.7 Å². The Morgan fingerprint density at radius 2 is 1.84 bits per heavy atom. The topological polar surface area (TPSA) is 106 Å². The largest absolute Gasteiger partial charge is 0.368 e. The fourth-order valence-electron chi connectivity index (χ4n) is 2.13. The zero-order chi connectivity index (χ0) is 17.5. The van der Waals surface area contributed by atoms with E-state index < -0.39 is 4.92 Å². The summed E-state index contributed by atoms with van der Waals surface area (Å²) in [6.07, 6.45) is 2.92. The molecule has 3 aromatic rings. The average molecular weight is 335 g/mol. The molecule has 0 unspecified atom stereocenters. The fraction of sp³-hybridized carbons (Fsp3) is 0.118. The lowest BCUT2D eigenvalue weighted by atomic mass is 10.1. The molecular formula is C17H15N6O2. The SMILES string of the molecule is O=[N+]([O-])c1ccc(NCCNc2nccc(-c3cc[c]cc3)n2)nc1. The van der Waals surface area contributed by atoms with Crippen molar-refractivity contribution in [3.8, 4) is 11.3 Å². The summed E-state index contributed by atoms with van der Waals surface area (Å²) in [6, 6.07) is 15.4. The first-order chi connectivity index (χ1) is 12.2. The first kappa shape index (κ1) is 16.3. The Bertz CT molecular complexity index is 839. The summed E-state index contributed by atoms with van der Waals surface area (Å²) >= 11 is 0. The van der Waals surface area contributed by atoms with Crippen LogP contribution in [0.25, 0.3) is 11.3 Å². The van der Waals surface area contributed by atoms with Gasteiger partial charge >= 0.3 is 0 Å². The van der Waals surface area contributed by atoms with Crippen molar-refractivity contribution in [1.82, 2.24) is 15.0 Å². The summed E-state index contributed by atoms with van der Waals surface area (Å²) in [5.74, 6) is 1.10. The van der Waals surface area contributed by atoms with Crippen molar-refractivity contribution in [3.63, 3.8) is 0 Å². The van der Waals surface area contributed by atoms with E-state index in [0.717, 1.165) is 11.3 Å². The van der Waals surface area contributed by atoms with Gasteiger partial charge in [0.15, 0.2) is 0 Å². The minimum Gasteiger partial charge on any atom is -0.368 e. The van der Waals surface area contributed by atoms with Gasteiger partial charge < -0.3 is 10.6 Å². The maximum absolute atomic E-state index is 10.6. The summed E-state index contributed by atoms with van der Waals surface area (Å²) in [5.41, 5.74) is 1.79. The lowest BCUT2D eigenvalue weighted by molar-refractivity contribution is -0.385. The number of nitro groups is 1. The summed E-state index contributed by atoms with van der Waals surface area (Å²) in [4.78, 5) is 22.7. The molecule has 1 radical (unpaired) electrons. The van der Waals surface area contributed by atoms with Crippen LogP contribution in [0.4, 0.5) is 17.5 Å². The molecule has 0 saturated carbocycles. The molecule has 2 aromatic heterocycles. The van der Waals surface area contributed by atoms with Gasteiger partial charge in [-0.15, -0.1) is 0 Å². The Morgan fingerprint density at radius 1 is 1.04 bits per heavy atom. The molecule has 0 fully saturated rings. The monoisotopic (exact) mass is 335 g/mol. The van der Waals surface area contributed by atoms with Gasteiger partial charge in [0, 0.05) is 30.9 Å². The summed E-state index contributed by atoms with van der Waals surface area (Å²) in [6.45, 7) is 1.14. The molecule has 0 aliphatic carbocycles. The number of hydrogen-bond acceptors (Lipinski definition) is 7. The average Bonchev–Trinajstić information content (AvgIpc) is 2.66. The van der Waals surface area contributed by atoms with Crippen LogP contribution in [0.5, 0.6) is 0 Å². The number of rotatable bonds is 7. The van der Waals surface area contributed by atoms with Crippen LogP contribution in [0.1, 0.15) is 0 Å². The van der Waals surface area contributed by atoms with E-state index in [0.29, 0.717) is 24.9 Å². The maximum Gasteiger partial charge on any atom is 0.287 e. The van der Waals surface area contributed by atoms with Gasteiger partial charge in [-0.2, -0.15) is 0 Å². The highest BCUT2D eigenvalue weighted by molar-refractivity contribution is 5.59. The van der Waals surface area contributed by atoms with Crippen LogP contribution in [0.2, 0.25) is 0 Å². The van der Waals surface area contributed by atoms with Crippen molar-refractivity contribution in [2.45, 2.75) is 0 Å². The molecule has 0 spiro atoms. The molecule has 8 heteroatoms. The van der Waals surface area contributed by atoms with Crippen molar-refractivity contribution in [2.24, 2.45) is 0 Å². The highest BCUT2D eigenvalue weighted by Crippen LogP contribution is 2.16. The second-order valence-corrected chi connectivity index (χ2v) is 5.07. The lowest BCUT2D eigenvalue weighted by Gasteiger charge is -2.08. The van der Waals surface area contributed by atoms with Crippen molar-refractivity contribution < 1.29 is 4.92 Å². The van der Waals surface area contributed by atoms with E-state index in [4.69, 9.17) is 0 Å². The van der Waals surface area contributed by atoms with Crippen LogP contribution in [-0.2, 0) is 0 Å². The first-order valence-corrected chi connectivity index (χ1v) is 7.60. The predicted molar refractivity (Wildman–Crippen MR) is 94.2 cm³/mol. The van der Waals surface area contributed by atoms with Gasteiger partial charge in [0.1, 0.15) is 12.0 Å². The lowest BCUT2D eigenvalue weighted by Crippen LogP contribution is -2.15. The van der Waals surface area contributed by atoms with Crippen molar-refractivity contribution in [2.75, 3.05) is 23.7 Å². The van der Waals surface area contributed by atoms with Gasteiger partial charge in [-0.3, -0.25) is 10.1 Å². The van der Waals surface area contributed by atoms with Crippen LogP contribution in [0.15, 0.2) is 54.9 Å². The minimum atomic E-state index is -0.479. The van der Waals surface area contributed by atoms with Gasteiger partial charge in [-0.05, 0) is 18.2 Å². The van der Waals surface area contributed by atoms with Gasteiger partial charge in [0.25, 0.3) is 5.69 Å². The number of nitrogens with zero attached hydrogens (tertiary/aromatic N) is 4. The van der Waals surface area contributed by atoms with Gasteiger partial charge in [0.05, 0.1) is 10.6 Å². The molecule has 0 saturated heterocycles. The highest BCUT2D eigenvalue weighted by atomic mass is 16.6. The Balaban J connectivity index is 1.51. The number of hydrogen-bond donors (Lipinski definition) is 2. The van der Waals surface area contributed by atoms with Crippen LogP contribution >= 0.6 is 0 Å². The minimum absolute atomic E-state index is 0.0348. The van der Waals surface area contributed by atoms with Crippen LogP contribution in [0.3, 0.4) is 0 Å². The molecule has 1 aromatic carbocycles. The zero-order valence-corrected chi connectivity index (χ0v) is 13.2. The molecule has 0 amide bonds. The third-order valence-electron chi connectivity index (χ3n) is 3.34. The van der Waals surface area contributed by atoms with E-state index in [1.807, 2.05) is 30.3 Å². The third kappa shape index (κ3) is 4.47. The summed E-state index contributed by atoms with van der Waals surface area (Å²) < 4.78 is 0. The Kier molecular flexibility index (Phi) is 5.10. The Labute approximate surface area is 144 Å². The normalized spacial score (nSPS) is 10.2.